The first kappa shape index (κ1) is 22.8. The molecule has 0 saturated heterocycles. The molecule has 0 unspecified atom stereocenters. The molecule has 0 aliphatic heterocycles. The molecule has 0 amide bonds. The molecular formula is C30H36N2O3. The minimum Gasteiger partial charge on any atom is -0.466 e. The number of aliphatic hydroxyl groups excluding tert-OH is 1. The first-order valence-electron chi connectivity index (χ1n) is 13.2. The first-order chi connectivity index (χ1) is 17.0. The van der Waals surface area contributed by atoms with Gasteiger partial charge in [0.05, 0.1) is 19.1 Å². The zero-order chi connectivity index (χ0) is 24.2. The van der Waals surface area contributed by atoms with E-state index in [1.54, 1.807) is 0 Å². The van der Waals surface area contributed by atoms with Crippen molar-refractivity contribution < 1.29 is 14.6 Å². The molecule has 3 aliphatic carbocycles. The van der Waals surface area contributed by atoms with Crippen molar-refractivity contribution in [2.75, 3.05) is 19.8 Å². The second-order valence-electron chi connectivity index (χ2n) is 11.1. The van der Waals surface area contributed by atoms with Crippen LogP contribution in [0.25, 0.3) is 10.9 Å². The fraction of sp³-hybridized carbons (Fsp3) is 0.500. The number of benzene rings is 2. The minimum absolute atomic E-state index is 0.0845. The number of carbonyl (C=O) groups excluding carboxylic acids is 1. The number of para-hydroxylation sites is 1. The van der Waals surface area contributed by atoms with Gasteiger partial charge in [0.15, 0.2) is 0 Å². The topological polar surface area (TPSA) is 74.3 Å². The molecule has 3 N–H and O–H groups in total. The number of aryl methyl sites for hydroxylation is 1. The molecule has 5 heteroatoms. The van der Waals surface area contributed by atoms with Gasteiger partial charge in [0.2, 0.25) is 0 Å². The van der Waals surface area contributed by atoms with Crippen LogP contribution in [-0.4, -0.2) is 41.9 Å². The lowest BCUT2D eigenvalue weighted by Crippen LogP contribution is -2.45. The molecule has 2 bridgehead atoms. The SMILES string of the molecule is CCOC(=O)[C@H]1c2c(C)cccc2[C@H]2CC[C@@]3(CO)C[C@]21C[C@@H]3NCCc1c[nH]c2ccccc12. The van der Waals surface area contributed by atoms with Crippen molar-refractivity contribution in [3.63, 3.8) is 0 Å². The van der Waals surface area contributed by atoms with Crippen LogP contribution in [0.5, 0.6) is 0 Å². The molecule has 3 aliphatic rings. The van der Waals surface area contributed by atoms with Gasteiger partial charge in [-0.25, -0.2) is 0 Å². The fourth-order valence-corrected chi connectivity index (χ4v) is 8.10. The largest absolute Gasteiger partial charge is 0.466 e. The number of carbonyl (C=O) groups is 1. The lowest BCUT2D eigenvalue weighted by molar-refractivity contribution is -0.149. The molecule has 0 radical (unpaired) electrons. The van der Waals surface area contributed by atoms with Crippen LogP contribution >= 0.6 is 0 Å². The summed E-state index contributed by atoms with van der Waals surface area (Å²) in [7, 11) is 0. The molecule has 1 aromatic heterocycles. The van der Waals surface area contributed by atoms with Gasteiger partial charge < -0.3 is 20.1 Å². The second kappa shape index (κ2) is 8.49. The van der Waals surface area contributed by atoms with Gasteiger partial charge >= 0.3 is 5.97 Å². The van der Waals surface area contributed by atoms with Crippen LogP contribution in [0, 0.1) is 17.8 Å². The molecule has 1 spiro atoms. The van der Waals surface area contributed by atoms with Crippen molar-refractivity contribution in [3.8, 4) is 0 Å². The van der Waals surface area contributed by atoms with Gasteiger partial charge in [-0.15, -0.1) is 0 Å². The van der Waals surface area contributed by atoms with Gasteiger partial charge in [-0.3, -0.25) is 4.79 Å². The van der Waals surface area contributed by atoms with Gasteiger partial charge in [0.25, 0.3) is 0 Å². The highest BCUT2D eigenvalue weighted by Gasteiger charge is 2.68. The van der Waals surface area contributed by atoms with E-state index in [4.69, 9.17) is 4.74 Å². The van der Waals surface area contributed by atoms with Crippen molar-refractivity contribution in [2.45, 2.75) is 63.8 Å². The Labute approximate surface area is 207 Å². The molecule has 6 rings (SSSR count). The van der Waals surface area contributed by atoms with Crippen LogP contribution in [0.15, 0.2) is 48.7 Å². The maximum absolute atomic E-state index is 13.5. The zero-order valence-electron chi connectivity index (χ0n) is 20.8. The summed E-state index contributed by atoms with van der Waals surface area (Å²) in [5.41, 5.74) is 5.85. The normalized spacial score (nSPS) is 30.9. The van der Waals surface area contributed by atoms with Crippen LogP contribution in [0.2, 0.25) is 0 Å². The van der Waals surface area contributed by atoms with E-state index in [9.17, 15) is 9.90 Å². The van der Waals surface area contributed by atoms with Crippen molar-refractivity contribution in [1.82, 2.24) is 10.3 Å². The summed E-state index contributed by atoms with van der Waals surface area (Å²) in [6.07, 6.45) is 6.84. The van der Waals surface area contributed by atoms with Crippen molar-refractivity contribution in [2.24, 2.45) is 10.8 Å². The lowest BCUT2D eigenvalue weighted by Gasteiger charge is -2.44. The third-order valence-electron chi connectivity index (χ3n) is 9.52. The van der Waals surface area contributed by atoms with Gasteiger partial charge in [-0.1, -0.05) is 36.4 Å². The van der Waals surface area contributed by atoms with Crippen molar-refractivity contribution in [1.29, 1.82) is 0 Å². The van der Waals surface area contributed by atoms with E-state index in [2.05, 4.69) is 65.9 Å². The van der Waals surface area contributed by atoms with E-state index in [0.29, 0.717) is 12.5 Å². The number of aliphatic hydroxyl groups is 1. The third-order valence-corrected chi connectivity index (χ3v) is 9.52. The molecule has 2 fully saturated rings. The molecule has 5 atom stereocenters. The Morgan fingerprint density at radius 2 is 2.09 bits per heavy atom. The fourth-order valence-electron chi connectivity index (χ4n) is 8.10. The Morgan fingerprint density at radius 1 is 1.23 bits per heavy atom. The highest BCUT2D eigenvalue weighted by Crippen LogP contribution is 2.72. The highest BCUT2D eigenvalue weighted by atomic mass is 16.5. The van der Waals surface area contributed by atoms with E-state index in [1.165, 1.54) is 33.2 Å². The van der Waals surface area contributed by atoms with Crippen LogP contribution in [-0.2, 0) is 16.0 Å². The summed E-state index contributed by atoms with van der Waals surface area (Å²) in [6.45, 7) is 5.43. The van der Waals surface area contributed by atoms with Crippen molar-refractivity contribution >= 4 is 16.9 Å². The van der Waals surface area contributed by atoms with Gasteiger partial charge in [0.1, 0.15) is 0 Å². The summed E-state index contributed by atoms with van der Waals surface area (Å²) >= 11 is 0. The number of nitrogens with one attached hydrogen (secondary N) is 2. The van der Waals surface area contributed by atoms with Crippen LogP contribution < -0.4 is 5.32 Å². The maximum atomic E-state index is 13.5. The van der Waals surface area contributed by atoms with Crippen LogP contribution in [0.4, 0.5) is 0 Å². The quantitative estimate of drug-likeness (QED) is 0.424. The summed E-state index contributed by atoms with van der Waals surface area (Å²) in [5, 5.41) is 15.9. The molecule has 3 aromatic rings. The Bertz CT molecular complexity index is 1270. The lowest BCUT2D eigenvalue weighted by atomic mass is 9.60. The number of H-pyrrole nitrogens is 1. The highest BCUT2D eigenvalue weighted by molar-refractivity contribution is 5.83. The molecule has 5 nitrogen and oxygen atoms in total. The van der Waals surface area contributed by atoms with E-state index >= 15 is 0 Å². The van der Waals surface area contributed by atoms with E-state index < -0.39 is 0 Å². The number of ether oxygens (including phenoxy) is 1. The predicted molar refractivity (Wildman–Crippen MR) is 138 cm³/mol. The number of hydrogen-bond acceptors (Lipinski definition) is 4. The molecule has 35 heavy (non-hydrogen) atoms. The molecule has 2 aromatic carbocycles. The van der Waals surface area contributed by atoms with Crippen LogP contribution in [0.3, 0.4) is 0 Å². The number of hydrogen-bond donors (Lipinski definition) is 3. The standard InChI is InChI=1S/C30H36N2O3/c1-3-35-28(34)27-26-19(2)7-6-9-22(26)23-11-13-29(18-33)17-30(23,27)15-25(29)31-14-12-20-16-32-24-10-5-4-8-21(20)24/h4-10,16,23,25,27,31-33H,3,11-15,17-18H2,1-2H3/t23-,25+,27-,29+,30-/m1/s1. The Balaban J connectivity index is 1.30. The zero-order valence-corrected chi connectivity index (χ0v) is 20.8. The Kier molecular flexibility index (Phi) is 5.53. The first-order valence-corrected chi connectivity index (χ1v) is 13.2. The molecular weight excluding hydrogens is 436 g/mol. The van der Waals surface area contributed by atoms with Crippen LogP contribution in [0.1, 0.15) is 66.7 Å². The second-order valence-corrected chi connectivity index (χ2v) is 11.1. The summed E-state index contributed by atoms with van der Waals surface area (Å²) in [4.78, 5) is 16.9. The van der Waals surface area contributed by atoms with Gasteiger partial charge in [-0.2, -0.15) is 0 Å². The van der Waals surface area contributed by atoms with Crippen molar-refractivity contribution in [3.05, 3.63) is 70.9 Å². The molecule has 184 valence electrons. The van der Waals surface area contributed by atoms with Gasteiger partial charge in [-0.05, 0) is 92.1 Å². The average molecular weight is 473 g/mol. The summed E-state index contributed by atoms with van der Waals surface area (Å²) in [5.74, 6) is 0.0286. The predicted octanol–water partition coefficient (Wildman–Crippen LogP) is 4.97. The summed E-state index contributed by atoms with van der Waals surface area (Å²) < 4.78 is 5.68. The van der Waals surface area contributed by atoms with E-state index in [1.807, 2.05) is 6.92 Å². The number of aromatic amines is 1. The number of rotatable bonds is 7. The molecule has 2 saturated carbocycles. The number of esters is 1. The van der Waals surface area contributed by atoms with Gasteiger partial charge in [0, 0.05) is 28.6 Å². The monoisotopic (exact) mass is 472 g/mol. The minimum atomic E-state index is -0.240. The maximum Gasteiger partial charge on any atom is 0.314 e. The summed E-state index contributed by atoms with van der Waals surface area (Å²) in [6, 6.07) is 15.1. The molecule has 1 heterocycles. The number of aromatic nitrogens is 1. The Morgan fingerprint density at radius 3 is 2.91 bits per heavy atom. The third kappa shape index (κ3) is 3.31. The van der Waals surface area contributed by atoms with E-state index in [0.717, 1.165) is 38.6 Å². The van der Waals surface area contributed by atoms with E-state index in [-0.39, 0.29) is 35.4 Å². The Hall–Kier alpha value is -2.63. The smallest absolute Gasteiger partial charge is 0.314 e. The average Bonchev–Trinajstić information content (AvgIpc) is 3.48. The number of fused-ring (bicyclic) bond motifs is 4.